The van der Waals surface area contributed by atoms with E-state index in [4.69, 9.17) is 13.9 Å². The van der Waals surface area contributed by atoms with Gasteiger partial charge in [-0.2, -0.15) is 0 Å². The number of aromatic nitrogens is 2. The minimum atomic E-state index is -0.340. The zero-order chi connectivity index (χ0) is 17.1. The lowest BCUT2D eigenvalue weighted by molar-refractivity contribution is 0.0600. The van der Waals surface area contributed by atoms with Crippen LogP contribution in [-0.2, 0) is 11.2 Å². The number of carbonyl (C=O) groups excluding carboxylic acids is 1. The van der Waals surface area contributed by atoms with Crippen LogP contribution in [-0.4, -0.2) is 43.5 Å². The van der Waals surface area contributed by atoms with Crippen molar-refractivity contribution in [3.63, 3.8) is 0 Å². The van der Waals surface area contributed by atoms with Crippen LogP contribution in [0.1, 0.15) is 28.2 Å². The van der Waals surface area contributed by atoms with Gasteiger partial charge in [-0.1, -0.05) is 5.10 Å². The Bertz CT molecular complexity index is 728. The lowest BCUT2D eigenvalue weighted by Crippen LogP contribution is -2.20. The molecule has 1 saturated heterocycles. The molecule has 0 N–H and O–H groups in total. The number of benzene rings is 1. The van der Waals surface area contributed by atoms with E-state index in [1.165, 1.54) is 7.11 Å². The highest BCUT2D eigenvalue weighted by molar-refractivity contribution is 5.89. The van der Waals surface area contributed by atoms with Crippen molar-refractivity contribution in [3.8, 4) is 5.75 Å². The summed E-state index contributed by atoms with van der Waals surface area (Å²) in [7, 11) is 3.02. The van der Waals surface area contributed by atoms with E-state index >= 15 is 0 Å². The number of carbonyl (C=O) groups is 1. The third-order valence-electron chi connectivity index (χ3n) is 4.28. The SMILES string of the molecule is COC(=O)c1ccc(OC)c(CC2CCN(c3nnc(C)o3)C2)c1. The maximum absolute atomic E-state index is 11.7. The van der Waals surface area contributed by atoms with Crippen LogP contribution in [0.5, 0.6) is 5.75 Å². The number of hydrogen-bond donors (Lipinski definition) is 0. The summed E-state index contributed by atoms with van der Waals surface area (Å²) in [5.74, 6) is 1.45. The lowest BCUT2D eigenvalue weighted by Gasteiger charge is -2.15. The molecule has 0 bridgehead atoms. The molecule has 0 saturated carbocycles. The lowest BCUT2D eigenvalue weighted by atomic mass is 9.96. The minimum absolute atomic E-state index is 0.340. The molecule has 128 valence electrons. The molecule has 0 spiro atoms. The van der Waals surface area contributed by atoms with E-state index in [0.29, 0.717) is 23.4 Å². The second-order valence-electron chi connectivity index (χ2n) is 5.93. The Balaban J connectivity index is 1.72. The molecule has 7 nitrogen and oxygen atoms in total. The molecule has 1 aliphatic rings. The quantitative estimate of drug-likeness (QED) is 0.778. The Labute approximate surface area is 140 Å². The van der Waals surface area contributed by atoms with E-state index in [1.807, 2.05) is 12.1 Å². The molecule has 1 aromatic carbocycles. The maximum Gasteiger partial charge on any atom is 0.337 e. The van der Waals surface area contributed by atoms with Gasteiger partial charge < -0.3 is 18.8 Å². The molecule has 0 amide bonds. The van der Waals surface area contributed by atoms with Crippen molar-refractivity contribution in [2.75, 3.05) is 32.2 Å². The van der Waals surface area contributed by atoms with E-state index in [1.54, 1.807) is 20.1 Å². The molecule has 7 heteroatoms. The van der Waals surface area contributed by atoms with E-state index in [0.717, 1.165) is 37.2 Å². The van der Waals surface area contributed by atoms with Gasteiger partial charge in [0, 0.05) is 20.0 Å². The van der Waals surface area contributed by atoms with Gasteiger partial charge in [-0.25, -0.2) is 4.79 Å². The summed E-state index contributed by atoms with van der Waals surface area (Å²) >= 11 is 0. The van der Waals surface area contributed by atoms with Crippen molar-refractivity contribution in [2.45, 2.75) is 19.8 Å². The predicted octanol–water partition coefficient (Wildman–Crippen LogP) is 2.24. The van der Waals surface area contributed by atoms with Crippen molar-refractivity contribution < 1.29 is 18.7 Å². The summed E-state index contributed by atoms with van der Waals surface area (Å²) in [5, 5.41) is 7.95. The monoisotopic (exact) mass is 331 g/mol. The first kappa shape index (κ1) is 16.3. The fourth-order valence-corrected chi connectivity index (χ4v) is 3.08. The van der Waals surface area contributed by atoms with Gasteiger partial charge >= 0.3 is 12.0 Å². The summed E-state index contributed by atoms with van der Waals surface area (Å²) in [5.41, 5.74) is 1.55. The van der Waals surface area contributed by atoms with Crippen molar-refractivity contribution in [2.24, 2.45) is 5.92 Å². The summed E-state index contributed by atoms with van der Waals surface area (Å²) < 4.78 is 15.7. The summed E-state index contributed by atoms with van der Waals surface area (Å²) in [6.07, 6.45) is 1.84. The maximum atomic E-state index is 11.7. The number of methoxy groups -OCH3 is 2. The van der Waals surface area contributed by atoms with Crippen molar-refractivity contribution in [1.29, 1.82) is 0 Å². The van der Waals surface area contributed by atoms with Crippen LogP contribution in [0, 0.1) is 12.8 Å². The third kappa shape index (κ3) is 3.34. The van der Waals surface area contributed by atoms with E-state index in [9.17, 15) is 4.79 Å². The van der Waals surface area contributed by atoms with Gasteiger partial charge in [0.05, 0.1) is 19.8 Å². The minimum Gasteiger partial charge on any atom is -0.496 e. The summed E-state index contributed by atoms with van der Waals surface area (Å²) in [6, 6.07) is 5.96. The molecule has 2 aromatic rings. The van der Waals surface area contributed by atoms with E-state index in [-0.39, 0.29) is 5.97 Å². The molecular weight excluding hydrogens is 310 g/mol. The molecule has 1 fully saturated rings. The van der Waals surface area contributed by atoms with Crippen molar-refractivity contribution in [3.05, 3.63) is 35.2 Å². The van der Waals surface area contributed by atoms with Gasteiger partial charge in [-0.3, -0.25) is 0 Å². The molecule has 1 atom stereocenters. The highest BCUT2D eigenvalue weighted by Crippen LogP contribution is 2.29. The largest absolute Gasteiger partial charge is 0.496 e. The molecule has 3 rings (SSSR count). The number of nitrogens with zero attached hydrogens (tertiary/aromatic N) is 3. The van der Waals surface area contributed by atoms with E-state index < -0.39 is 0 Å². The van der Waals surface area contributed by atoms with Crippen LogP contribution in [0.3, 0.4) is 0 Å². The van der Waals surface area contributed by atoms with Crippen LogP contribution < -0.4 is 9.64 Å². The second kappa shape index (κ2) is 6.90. The molecule has 1 unspecified atom stereocenters. The molecule has 1 aliphatic heterocycles. The number of rotatable bonds is 5. The van der Waals surface area contributed by atoms with Crippen LogP contribution >= 0.6 is 0 Å². The first-order valence-corrected chi connectivity index (χ1v) is 7.91. The third-order valence-corrected chi connectivity index (χ3v) is 4.28. The van der Waals surface area contributed by atoms with Crippen molar-refractivity contribution >= 4 is 12.0 Å². The normalized spacial score (nSPS) is 17.1. The molecule has 24 heavy (non-hydrogen) atoms. The molecule has 0 aliphatic carbocycles. The van der Waals surface area contributed by atoms with Crippen molar-refractivity contribution in [1.82, 2.24) is 10.2 Å². The smallest absolute Gasteiger partial charge is 0.337 e. The Morgan fingerprint density at radius 2 is 2.21 bits per heavy atom. The number of hydrogen-bond acceptors (Lipinski definition) is 7. The Kier molecular flexibility index (Phi) is 4.69. The van der Waals surface area contributed by atoms with Gasteiger partial charge in [-0.15, -0.1) is 5.10 Å². The summed E-state index contributed by atoms with van der Waals surface area (Å²) in [4.78, 5) is 13.8. The predicted molar refractivity (Wildman–Crippen MR) is 87.4 cm³/mol. The van der Waals surface area contributed by atoms with Gasteiger partial charge in [0.2, 0.25) is 5.89 Å². The number of ether oxygens (including phenoxy) is 2. The first-order chi connectivity index (χ1) is 11.6. The number of esters is 1. The van der Waals surface area contributed by atoms with E-state index in [2.05, 4.69) is 15.1 Å². The van der Waals surface area contributed by atoms with Gasteiger partial charge in [0.25, 0.3) is 0 Å². The Morgan fingerprint density at radius 3 is 2.88 bits per heavy atom. The van der Waals surface area contributed by atoms with Gasteiger partial charge in [0.1, 0.15) is 5.75 Å². The average molecular weight is 331 g/mol. The molecule has 2 heterocycles. The zero-order valence-corrected chi connectivity index (χ0v) is 14.1. The fourth-order valence-electron chi connectivity index (χ4n) is 3.08. The topological polar surface area (TPSA) is 77.7 Å². The van der Waals surface area contributed by atoms with Gasteiger partial charge in [0.15, 0.2) is 0 Å². The highest BCUT2D eigenvalue weighted by Gasteiger charge is 2.27. The number of aryl methyl sites for hydroxylation is 1. The first-order valence-electron chi connectivity index (χ1n) is 7.91. The zero-order valence-electron chi connectivity index (χ0n) is 14.1. The van der Waals surface area contributed by atoms with Crippen LogP contribution in [0.25, 0.3) is 0 Å². The highest BCUT2D eigenvalue weighted by atomic mass is 16.5. The fraction of sp³-hybridized carbons (Fsp3) is 0.471. The Morgan fingerprint density at radius 1 is 1.38 bits per heavy atom. The standard InChI is InChI=1S/C17H21N3O4/c1-11-18-19-17(24-11)20-7-6-12(10-20)8-14-9-13(16(21)23-3)4-5-15(14)22-2/h4-5,9,12H,6-8,10H2,1-3H3. The second-order valence-corrected chi connectivity index (χ2v) is 5.93. The number of anilines is 1. The molecule has 1 aromatic heterocycles. The molecule has 0 radical (unpaired) electrons. The van der Waals surface area contributed by atoms with Crippen LogP contribution in [0.15, 0.2) is 22.6 Å². The summed E-state index contributed by atoms with van der Waals surface area (Å²) in [6.45, 7) is 3.51. The van der Waals surface area contributed by atoms with Gasteiger partial charge in [-0.05, 0) is 42.5 Å². The Hall–Kier alpha value is -2.57. The van der Waals surface area contributed by atoms with Crippen LogP contribution in [0.2, 0.25) is 0 Å². The average Bonchev–Trinajstić information content (AvgIpc) is 3.23. The van der Waals surface area contributed by atoms with Crippen LogP contribution in [0.4, 0.5) is 6.01 Å². The molecular formula is C17H21N3O4.